The first kappa shape index (κ1) is 10.7. The molecule has 3 heteroatoms. The van der Waals surface area contributed by atoms with Gasteiger partial charge < -0.3 is 5.11 Å². The van der Waals surface area contributed by atoms with Gasteiger partial charge in [0.1, 0.15) is 5.78 Å². The first-order chi connectivity index (χ1) is 6.11. The molecule has 0 atom stereocenters. The average Bonchev–Trinajstić information content (AvgIpc) is 2.01. The topological polar surface area (TPSA) is 40.5 Å². The predicted molar refractivity (Wildman–Crippen MR) is 51.5 cm³/mol. The summed E-state index contributed by atoms with van der Waals surface area (Å²) in [6.07, 6.45) is 2.35. The van der Waals surface area contributed by atoms with E-state index in [0.29, 0.717) is 24.7 Å². The van der Waals surface area contributed by atoms with Crippen molar-refractivity contribution < 1.29 is 9.90 Å². The summed E-state index contributed by atoms with van der Waals surface area (Å²) in [5.74, 6) is 0.895. The first-order valence-corrected chi connectivity index (χ1v) is 5.00. The number of rotatable bonds is 5. The number of carbonyl (C=O) groups is 1. The fourth-order valence-electron chi connectivity index (χ4n) is 1.77. The molecule has 1 aliphatic rings. The van der Waals surface area contributed by atoms with E-state index in [1.54, 1.807) is 0 Å². The maximum Gasteiger partial charge on any atom is 0.146 e. The molecule has 0 aromatic heterocycles. The largest absolute Gasteiger partial charge is 0.393 e. The number of carbonyl (C=O) groups excluding carboxylic acids is 1. The van der Waals surface area contributed by atoms with Crippen molar-refractivity contribution in [3.05, 3.63) is 0 Å². The van der Waals surface area contributed by atoms with E-state index in [0.717, 1.165) is 19.4 Å². The Morgan fingerprint density at radius 1 is 1.54 bits per heavy atom. The molecular weight excluding hydrogens is 166 g/mol. The average molecular weight is 185 g/mol. The highest BCUT2D eigenvalue weighted by Gasteiger charge is 2.27. The second kappa shape index (κ2) is 4.72. The standard InChI is InChI=1S/C10H19NO2/c1-3-9(12)7-11(2)6-8-4-10(13)5-8/h8,10,13H,3-7H2,1-2H3. The van der Waals surface area contributed by atoms with Crippen LogP contribution in [0.15, 0.2) is 0 Å². The van der Waals surface area contributed by atoms with Crippen molar-refractivity contribution in [3.8, 4) is 0 Å². The summed E-state index contributed by atoms with van der Waals surface area (Å²) in [5, 5.41) is 9.07. The third kappa shape index (κ3) is 3.44. The lowest BCUT2D eigenvalue weighted by molar-refractivity contribution is -0.119. The van der Waals surface area contributed by atoms with Crippen LogP contribution in [0.25, 0.3) is 0 Å². The van der Waals surface area contributed by atoms with Crippen LogP contribution in [0.1, 0.15) is 26.2 Å². The van der Waals surface area contributed by atoms with Gasteiger partial charge in [0, 0.05) is 13.0 Å². The molecule has 13 heavy (non-hydrogen) atoms. The van der Waals surface area contributed by atoms with Gasteiger partial charge >= 0.3 is 0 Å². The Bertz CT molecular complexity index is 176. The van der Waals surface area contributed by atoms with Crippen LogP contribution in [0.4, 0.5) is 0 Å². The lowest BCUT2D eigenvalue weighted by Gasteiger charge is -2.34. The molecule has 1 saturated carbocycles. The van der Waals surface area contributed by atoms with E-state index in [-0.39, 0.29) is 6.10 Å². The van der Waals surface area contributed by atoms with Crippen molar-refractivity contribution in [1.29, 1.82) is 0 Å². The van der Waals surface area contributed by atoms with Crippen molar-refractivity contribution in [2.75, 3.05) is 20.1 Å². The molecule has 0 heterocycles. The van der Waals surface area contributed by atoms with E-state index in [9.17, 15) is 4.79 Å². The number of hydrogen-bond acceptors (Lipinski definition) is 3. The number of likely N-dealkylation sites (N-methyl/N-ethyl adjacent to an activating group) is 1. The molecule has 1 aliphatic carbocycles. The lowest BCUT2D eigenvalue weighted by atomic mass is 9.82. The quantitative estimate of drug-likeness (QED) is 0.684. The van der Waals surface area contributed by atoms with Gasteiger partial charge in [-0.15, -0.1) is 0 Å². The van der Waals surface area contributed by atoms with Gasteiger partial charge in [-0.1, -0.05) is 6.92 Å². The minimum Gasteiger partial charge on any atom is -0.393 e. The van der Waals surface area contributed by atoms with Gasteiger partial charge in [0.2, 0.25) is 0 Å². The van der Waals surface area contributed by atoms with Crippen LogP contribution in [0.5, 0.6) is 0 Å². The maximum absolute atomic E-state index is 11.1. The van der Waals surface area contributed by atoms with Gasteiger partial charge in [0.15, 0.2) is 0 Å². The Hall–Kier alpha value is -0.410. The number of nitrogens with zero attached hydrogens (tertiary/aromatic N) is 1. The molecule has 0 amide bonds. The summed E-state index contributed by atoms with van der Waals surface area (Å²) in [5.41, 5.74) is 0. The fraction of sp³-hybridized carbons (Fsp3) is 0.900. The molecule has 0 unspecified atom stereocenters. The SMILES string of the molecule is CCC(=O)CN(C)CC1CC(O)C1. The van der Waals surface area contributed by atoms with Crippen molar-refractivity contribution >= 4 is 5.78 Å². The monoisotopic (exact) mass is 185 g/mol. The molecule has 0 aromatic rings. The van der Waals surface area contributed by atoms with Crippen LogP contribution in [-0.4, -0.2) is 42.0 Å². The molecule has 0 bridgehead atoms. The first-order valence-electron chi connectivity index (χ1n) is 5.00. The van der Waals surface area contributed by atoms with E-state index < -0.39 is 0 Å². The van der Waals surface area contributed by atoms with Crippen molar-refractivity contribution in [3.63, 3.8) is 0 Å². The van der Waals surface area contributed by atoms with E-state index in [1.807, 2.05) is 14.0 Å². The minimum atomic E-state index is -0.0831. The summed E-state index contributed by atoms with van der Waals surface area (Å²) >= 11 is 0. The lowest BCUT2D eigenvalue weighted by Crippen LogP contribution is -2.38. The molecule has 0 saturated heterocycles. The van der Waals surface area contributed by atoms with E-state index in [4.69, 9.17) is 5.11 Å². The summed E-state index contributed by atoms with van der Waals surface area (Å²) in [6, 6.07) is 0. The zero-order chi connectivity index (χ0) is 9.84. The molecule has 76 valence electrons. The molecule has 0 radical (unpaired) electrons. The maximum atomic E-state index is 11.1. The Morgan fingerprint density at radius 3 is 2.62 bits per heavy atom. The molecular formula is C10H19NO2. The molecule has 0 aliphatic heterocycles. The Labute approximate surface area is 79.7 Å². The van der Waals surface area contributed by atoms with Crippen LogP contribution in [0.3, 0.4) is 0 Å². The van der Waals surface area contributed by atoms with E-state index in [1.165, 1.54) is 0 Å². The molecule has 0 spiro atoms. The third-order valence-electron chi connectivity index (χ3n) is 2.62. The molecule has 1 rings (SSSR count). The van der Waals surface area contributed by atoms with Gasteiger partial charge in [-0.2, -0.15) is 0 Å². The van der Waals surface area contributed by atoms with Crippen LogP contribution in [0.2, 0.25) is 0 Å². The van der Waals surface area contributed by atoms with Crippen LogP contribution in [0, 0.1) is 5.92 Å². The highest BCUT2D eigenvalue weighted by Crippen LogP contribution is 2.27. The van der Waals surface area contributed by atoms with E-state index in [2.05, 4.69) is 4.90 Å². The van der Waals surface area contributed by atoms with Crippen molar-refractivity contribution in [2.24, 2.45) is 5.92 Å². The number of ketones is 1. The Kier molecular flexibility index (Phi) is 3.88. The molecule has 1 N–H and O–H groups in total. The van der Waals surface area contributed by atoms with Gasteiger partial charge in [-0.05, 0) is 25.8 Å². The summed E-state index contributed by atoms with van der Waals surface area (Å²) in [6.45, 7) is 3.40. The number of aliphatic hydroxyl groups is 1. The van der Waals surface area contributed by atoms with Crippen LogP contribution < -0.4 is 0 Å². The van der Waals surface area contributed by atoms with Crippen molar-refractivity contribution in [1.82, 2.24) is 4.90 Å². The molecule has 0 aromatic carbocycles. The minimum absolute atomic E-state index is 0.0831. The summed E-state index contributed by atoms with van der Waals surface area (Å²) in [4.78, 5) is 13.1. The zero-order valence-corrected chi connectivity index (χ0v) is 8.49. The Balaban J connectivity index is 2.11. The third-order valence-corrected chi connectivity index (χ3v) is 2.62. The van der Waals surface area contributed by atoms with Crippen LogP contribution in [-0.2, 0) is 4.79 Å². The number of hydrogen-bond donors (Lipinski definition) is 1. The van der Waals surface area contributed by atoms with Gasteiger partial charge in [0.25, 0.3) is 0 Å². The van der Waals surface area contributed by atoms with Gasteiger partial charge in [0.05, 0.1) is 12.6 Å². The fourth-order valence-corrected chi connectivity index (χ4v) is 1.77. The Morgan fingerprint density at radius 2 is 2.15 bits per heavy atom. The highest BCUT2D eigenvalue weighted by molar-refractivity contribution is 5.80. The van der Waals surface area contributed by atoms with Crippen LogP contribution >= 0.6 is 0 Å². The molecule has 3 nitrogen and oxygen atoms in total. The second-order valence-corrected chi connectivity index (χ2v) is 4.08. The van der Waals surface area contributed by atoms with Crippen molar-refractivity contribution in [2.45, 2.75) is 32.3 Å². The smallest absolute Gasteiger partial charge is 0.146 e. The second-order valence-electron chi connectivity index (χ2n) is 4.08. The van der Waals surface area contributed by atoms with Gasteiger partial charge in [-0.3, -0.25) is 9.69 Å². The van der Waals surface area contributed by atoms with E-state index >= 15 is 0 Å². The highest BCUT2D eigenvalue weighted by atomic mass is 16.3. The number of aliphatic hydroxyl groups excluding tert-OH is 1. The normalized spacial score (nSPS) is 27.4. The van der Waals surface area contributed by atoms with Gasteiger partial charge in [-0.25, -0.2) is 0 Å². The molecule has 1 fully saturated rings. The number of Topliss-reactive ketones (excluding diaryl/α,β-unsaturated/α-hetero) is 1. The summed E-state index contributed by atoms with van der Waals surface area (Å²) in [7, 11) is 1.97. The predicted octanol–water partition coefficient (Wildman–Crippen LogP) is 0.668. The zero-order valence-electron chi connectivity index (χ0n) is 8.49. The summed E-state index contributed by atoms with van der Waals surface area (Å²) < 4.78 is 0.